The zero-order chi connectivity index (χ0) is 30.8. The molecule has 42 heavy (non-hydrogen) atoms. The molecule has 1 aromatic rings. The van der Waals surface area contributed by atoms with Gasteiger partial charge >= 0.3 is 0 Å². The van der Waals surface area contributed by atoms with Crippen LogP contribution in [0.15, 0.2) is 30.3 Å². The van der Waals surface area contributed by atoms with Gasteiger partial charge in [0.15, 0.2) is 6.29 Å². The van der Waals surface area contributed by atoms with E-state index in [9.17, 15) is 4.79 Å². The molecule has 7 nitrogen and oxygen atoms in total. The number of nitrogens with one attached hydrogen (secondary N) is 1. The Morgan fingerprint density at radius 2 is 1.50 bits per heavy atom. The van der Waals surface area contributed by atoms with Crippen LogP contribution in [0.25, 0.3) is 0 Å². The number of hydrogen-bond acceptors (Lipinski definition) is 7. The van der Waals surface area contributed by atoms with E-state index in [-0.39, 0.29) is 19.0 Å². The minimum atomic E-state index is -0.0443. The molecule has 0 bridgehead atoms. The summed E-state index contributed by atoms with van der Waals surface area (Å²) in [6, 6.07) is 10.2. The summed E-state index contributed by atoms with van der Waals surface area (Å²) in [7, 11) is 3.50. The first-order valence-electron chi connectivity index (χ1n) is 16.8. The van der Waals surface area contributed by atoms with Gasteiger partial charge in [-0.15, -0.1) is 0 Å². The molecular weight excluding hydrogens is 530 g/mol. The summed E-state index contributed by atoms with van der Waals surface area (Å²) in [6.07, 6.45) is 22.8. The highest BCUT2D eigenvalue weighted by atomic mass is 16.7. The average molecular weight is 596 g/mol. The number of hydrogen-bond donors (Lipinski definition) is 2. The molecule has 0 spiro atoms. The lowest BCUT2D eigenvalue weighted by Gasteiger charge is -2.14. The molecule has 1 aliphatic heterocycles. The number of rotatable bonds is 25. The second-order valence-corrected chi connectivity index (χ2v) is 11.0. The number of carbonyl (C=O) groups excluding carboxylic acids is 1. The highest BCUT2D eigenvalue weighted by Gasteiger charge is 2.25. The predicted octanol–water partition coefficient (Wildman–Crippen LogP) is 7.63. The number of carbonyl (C=O) groups is 1. The first-order chi connectivity index (χ1) is 20.7. The van der Waals surface area contributed by atoms with Gasteiger partial charge in [-0.05, 0) is 38.4 Å². The van der Waals surface area contributed by atoms with Gasteiger partial charge in [-0.25, -0.2) is 0 Å². The van der Waals surface area contributed by atoms with Gasteiger partial charge in [-0.3, -0.25) is 0 Å². The lowest BCUT2D eigenvalue weighted by Crippen LogP contribution is -2.20. The standard InChI is InChI=1S/C16H25NO3.C16H32O.C3H8O2/c1-17-10-5-11-19-16-9-8-15(20-16)13-18-12-14-6-3-2-4-7-14;1-2-3-4-5-6-7-8-9-10-11-12-13-14-15-16-17;1-5-3-2-4/h2-4,6-7,15-17H,5,8-13H2,1H3;16H,2-15H2,1H3;4H,2-3H2,1H3. The van der Waals surface area contributed by atoms with Gasteiger partial charge in [0.2, 0.25) is 0 Å². The van der Waals surface area contributed by atoms with Crippen LogP contribution in [0, 0.1) is 0 Å². The van der Waals surface area contributed by atoms with Crippen LogP contribution in [0.5, 0.6) is 0 Å². The largest absolute Gasteiger partial charge is 0.394 e. The van der Waals surface area contributed by atoms with E-state index in [4.69, 9.17) is 19.3 Å². The van der Waals surface area contributed by atoms with Crippen LogP contribution < -0.4 is 5.32 Å². The average Bonchev–Trinajstić information content (AvgIpc) is 3.47. The van der Waals surface area contributed by atoms with E-state index in [1.807, 2.05) is 25.2 Å². The van der Waals surface area contributed by atoms with Crippen LogP contribution in [-0.2, 0) is 30.3 Å². The third-order valence-corrected chi connectivity index (χ3v) is 7.08. The first kappa shape index (κ1) is 40.6. The topological polar surface area (TPSA) is 86.3 Å². The first-order valence-corrected chi connectivity index (χ1v) is 16.8. The Morgan fingerprint density at radius 3 is 2.02 bits per heavy atom. The highest BCUT2D eigenvalue weighted by Crippen LogP contribution is 2.21. The number of methoxy groups -OCH3 is 1. The molecule has 1 fully saturated rings. The number of unbranched alkanes of at least 4 members (excludes halogenated alkanes) is 13. The van der Waals surface area contributed by atoms with Crippen molar-refractivity contribution in [1.29, 1.82) is 0 Å². The van der Waals surface area contributed by atoms with Crippen molar-refractivity contribution in [2.45, 2.75) is 135 Å². The monoisotopic (exact) mass is 595 g/mol. The van der Waals surface area contributed by atoms with E-state index >= 15 is 0 Å². The molecule has 246 valence electrons. The van der Waals surface area contributed by atoms with Crippen molar-refractivity contribution in [3.8, 4) is 0 Å². The fourth-order valence-corrected chi connectivity index (χ4v) is 4.60. The van der Waals surface area contributed by atoms with Crippen molar-refractivity contribution in [1.82, 2.24) is 5.32 Å². The number of aliphatic hydroxyl groups excluding tert-OH is 1. The van der Waals surface area contributed by atoms with Gasteiger partial charge in [-0.1, -0.05) is 114 Å². The summed E-state index contributed by atoms with van der Waals surface area (Å²) in [6.45, 7) is 5.87. The van der Waals surface area contributed by atoms with Gasteiger partial charge < -0.3 is 34.2 Å². The maximum Gasteiger partial charge on any atom is 0.158 e. The van der Waals surface area contributed by atoms with E-state index in [2.05, 4.69) is 29.1 Å². The maximum absolute atomic E-state index is 10.1. The molecule has 1 aromatic carbocycles. The smallest absolute Gasteiger partial charge is 0.158 e. The van der Waals surface area contributed by atoms with Gasteiger partial charge in [-0.2, -0.15) is 0 Å². The van der Waals surface area contributed by atoms with Crippen LogP contribution in [0.2, 0.25) is 0 Å². The molecule has 0 radical (unpaired) electrons. The van der Waals surface area contributed by atoms with Crippen LogP contribution in [0.3, 0.4) is 0 Å². The molecule has 0 aliphatic carbocycles. The zero-order valence-electron chi connectivity index (χ0n) is 27.4. The van der Waals surface area contributed by atoms with Gasteiger partial charge in [0, 0.05) is 20.0 Å². The molecule has 0 saturated carbocycles. The van der Waals surface area contributed by atoms with Crippen molar-refractivity contribution >= 4 is 6.29 Å². The molecule has 2 N–H and O–H groups in total. The molecule has 1 saturated heterocycles. The predicted molar refractivity (Wildman–Crippen MR) is 174 cm³/mol. The van der Waals surface area contributed by atoms with Crippen LogP contribution in [-0.4, -0.2) is 70.9 Å². The van der Waals surface area contributed by atoms with E-state index in [0.29, 0.717) is 19.8 Å². The van der Waals surface area contributed by atoms with E-state index in [1.54, 1.807) is 7.11 Å². The van der Waals surface area contributed by atoms with E-state index in [0.717, 1.165) is 51.5 Å². The van der Waals surface area contributed by atoms with Crippen molar-refractivity contribution in [2.75, 3.05) is 47.1 Å². The summed E-state index contributed by atoms with van der Waals surface area (Å²) < 4.78 is 21.6. The second kappa shape index (κ2) is 34.1. The fraction of sp³-hybridized carbons (Fsp3) is 0.800. The Bertz CT molecular complexity index is 646. The fourth-order valence-electron chi connectivity index (χ4n) is 4.60. The van der Waals surface area contributed by atoms with Gasteiger partial charge in [0.1, 0.15) is 6.29 Å². The highest BCUT2D eigenvalue weighted by molar-refractivity contribution is 5.48. The quantitative estimate of drug-likeness (QED) is 0.0888. The zero-order valence-corrected chi connectivity index (χ0v) is 27.4. The minimum absolute atomic E-state index is 0.0443. The van der Waals surface area contributed by atoms with Crippen LogP contribution in [0.1, 0.15) is 122 Å². The molecule has 2 rings (SSSR count). The maximum atomic E-state index is 10.1. The molecule has 2 atom stereocenters. The van der Waals surface area contributed by atoms with Crippen LogP contribution in [0.4, 0.5) is 0 Å². The lowest BCUT2D eigenvalue weighted by molar-refractivity contribution is -0.145. The Labute approximate surface area is 258 Å². The third-order valence-electron chi connectivity index (χ3n) is 7.08. The number of ether oxygens (including phenoxy) is 4. The Kier molecular flexibility index (Phi) is 33.0. The summed E-state index contributed by atoms with van der Waals surface area (Å²) in [5.41, 5.74) is 1.20. The molecular formula is C35H65NO6. The summed E-state index contributed by atoms with van der Waals surface area (Å²) in [4.78, 5) is 10.1. The third kappa shape index (κ3) is 28.8. The number of aliphatic hydroxyl groups is 1. The summed E-state index contributed by atoms with van der Waals surface area (Å²) >= 11 is 0. The Balaban J connectivity index is 0.000000698. The molecule has 0 amide bonds. The van der Waals surface area contributed by atoms with Crippen LogP contribution >= 0.6 is 0 Å². The summed E-state index contributed by atoms with van der Waals surface area (Å²) in [5, 5.41) is 11.0. The van der Waals surface area contributed by atoms with Gasteiger partial charge in [0.25, 0.3) is 0 Å². The Morgan fingerprint density at radius 1 is 0.881 bits per heavy atom. The summed E-state index contributed by atoms with van der Waals surface area (Å²) in [5.74, 6) is 0. The van der Waals surface area contributed by atoms with Gasteiger partial charge in [0.05, 0.1) is 39.1 Å². The number of aldehydes is 1. The van der Waals surface area contributed by atoms with Crippen molar-refractivity contribution in [3.05, 3.63) is 35.9 Å². The Hall–Kier alpha value is -1.35. The van der Waals surface area contributed by atoms with Crippen molar-refractivity contribution in [3.63, 3.8) is 0 Å². The molecule has 2 unspecified atom stereocenters. The molecule has 0 aromatic heterocycles. The molecule has 1 aliphatic rings. The normalized spacial score (nSPS) is 15.9. The second-order valence-electron chi connectivity index (χ2n) is 11.0. The lowest BCUT2D eigenvalue weighted by atomic mass is 10.0. The molecule has 7 heteroatoms. The molecule has 1 heterocycles. The number of benzene rings is 1. The van der Waals surface area contributed by atoms with E-state index < -0.39 is 0 Å². The van der Waals surface area contributed by atoms with E-state index in [1.165, 1.54) is 82.6 Å². The SMILES string of the molecule is CCCCCCCCCCCCCCCC=O.CNCCCOC1CCC(COCc2ccccc2)O1.COCCO. The van der Waals surface area contributed by atoms with Crippen molar-refractivity contribution < 1.29 is 28.8 Å². The van der Waals surface area contributed by atoms with Crippen molar-refractivity contribution in [2.24, 2.45) is 0 Å². The minimum Gasteiger partial charge on any atom is -0.394 e.